The van der Waals surface area contributed by atoms with Gasteiger partial charge in [0.1, 0.15) is 5.69 Å². The van der Waals surface area contributed by atoms with Gasteiger partial charge in [0, 0.05) is 37.0 Å². The molecule has 3 aromatic rings. The molecule has 0 bridgehead atoms. The van der Waals surface area contributed by atoms with E-state index < -0.39 is 0 Å². The molecular formula is C21H20ClN3O. The molecule has 0 fully saturated rings. The summed E-state index contributed by atoms with van der Waals surface area (Å²) < 4.78 is 0. The quantitative estimate of drug-likeness (QED) is 0.708. The Bertz CT molecular complexity index is 866. The first-order valence-corrected chi connectivity index (χ1v) is 8.73. The lowest BCUT2D eigenvalue weighted by atomic mass is 10.2. The highest BCUT2D eigenvalue weighted by molar-refractivity contribution is 6.30. The number of hydrogen-bond donors (Lipinski definition) is 1. The predicted molar refractivity (Wildman–Crippen MR) is 105 cm³/mol. The number of nitrogens with zero attached hydrogens (tertiary/aromatic N) is 2. The number of rotatable bonds is 6. The Morgan fingerprint density at radius 1 is 1.04 bits per heavy atom. The molecule has 0 aliphatic heterocycles. The third kappa shape index (κ3) is 4.83. The number of anilines is 1. The molecule has 3 rings (SSSR count). The van der Waals surface area contributed by atoms with Gasteiger partial charge in [-0.05, 0) is 35.4 Å². The maximum atomic E-state index is 12.4. The van der Waals surface area contributed by atoms with Gasteiger partial charge < -0.3 is 10.2 Å². The second-order valence-corrected chi connectivity index (χ2v) is 6.49. The van der Waals surface area contributed by atoms with Crippen molar-refractivity contribution in [2.24, 2.45) is 0 Å². The molecule has 0 saturated heterocycles. The Hall–Kier alpha value is -2.85. The van der Waals surface area contributed by atoms with Crippen LogP contribution in [0.2, 0.25) is 5.02 Å². The van der Waals surface area contributed by atoms with Crippen molar-refractivity contribution in [3.63, 3.8) is 0 Å². The Balaban J connectivity index is 1.64. The Morgan fingerprint density at radius 3 is 2.50 bits per heavy atom. The van der Waals surface area contributed by atoms with Gasteiger partial charge in [0.2, 0.25) is 0 Å². The highest BCUT2D eigenvalue weighted by Gasteiger charge is 2.10. The minimum Gasteiger partial charge on any atom is -0.370 e. The minimum atomic E-state index is -0.199. The second kappa shape index (κ2) is 8.50. The van der Waals surface area contributed by atoms with Gasteiger partial charge in [0.25, 0.3) is 5.91 Å². The first kappa shape index (κ1) is 18.0. The number of carbonyl (C=O) groups is 1. The van der Waals surface area contributed by atoms with Crippen molar-refractivity contribution in [1.82, 2.24) is 10.3 Å². The van der Waals surface area contributed by atoms with Gasteiger partial charge >= 0.3 is 0 Å². The van der Waals surface area contributed by atoms with Crippen LogP contribution in [0.5, 0.6) is 0 Å². The highest BCUT2D eigenvalue weighted by atomic mass is 35.5. The van der Waals surface area contributed by atoms with E-state index in [1.54, 1.807) is 24.4 Å². The van der Waals surface area contributed by atoms with E-state index in [0.29, 0.717) is 17.3 Å². The third-order valence-electron chi connectivity index (χ3n) is 4.05. The van der Waals surface area contributed by atoms with Crippen LogP contribution < -0.4 is 10.2 Å². The van der Waals surface area contributed by atoms with E-state index in [-0.39, 0.29) is 5.91 Å². The normalized spacial score (nSPS) is 10.4. The van der Waals surface area contributed by atoms with Crippen molar-refractivity contribution < 1.29 is 4.79 Å². The van der Waals surface area contributed by atoms with Crippen molar-refractivity contribution >= 4 is 23.2 Å². The van der Waals surface area contributed by atoms with Crippen LogP contribution in [-0.4, -0.2) is 17.9 Å². The SMILES string of the molecule is CN(Cc1ccccc1)c1ccnc(C(=O)NCc2ccc(Cl)cc2)c1. The fourth-order valence-corrected chi connectivity index (χ4v) is 2.73. The monoisotopic (exact) mass is 365 g/mol. The fraction of sp³-hybridized carbons (Fsp3) is 0.143. The number of carbonyl (C=O) groups excluding carboxylic acids is 1. The van der Waals surface area contributed by atoms with Crippen LogP contribution in [0.1, 0.15) is 21.6 Å². The summed E-state index contributed by atoms with van der Waals surface area (Å²) in [6.45, 7) is 1.19. The first-order valence-electron chi connectivity index (χ1n) is 8.35. The van der Waals surface area contributed by atoms with Gasteiger partial charge in [0.15, 0.2) is 0 Å². The number of halogens is 1. The summed E-state index contributed by atoms with van der Waals surface area (Å²) >= 11 is 5.87. The fourth-order valence-electron chi connectivity index (χ4n) is 2.60. The van der Waals surface area contributed by atoms with Crippen molar-refractivity contribution in [2.45, 2.75) is 13.1 Å². The zero-order valence-corrected chi connectivity index (χ0v) is 15.3. The molecule has 1 aromatic heterocycles. The van der Waals surface area contributed by atoms with Gasteiger partial charge in [-0.1, -0.05) is 54.1 Å². The van der Waals surface area contributed by atoms with Gasteiger partial charge in [0.05, 0.1) is 0 Å². The predicted octanol–water partition coefficient (Wildman–Crippen LogP) is 4.30. The highest BCUT2D eigenvalue weighted by Crippen LogP contribution is 2.16. The number of hydrogen-bond acceptors (Lipinski definition) is 3. The zero-order valence-electron chi connectivity index (χ0n) is 14.5. The maximum Gasteiger partial charge on any atom is 0.270 e. The molecule has 1 heterocycles. The van der Waals surface area contributed by atoms with E-state index in [4.69, 9.17) is 11.6 Å². The molecule has 0 radical (unpaired) electrons. The molecule has 26 heavy (non-hydrogen) atoms. The third-order valence-corrected chi connectivity index (χ3v) is 4.30. The van der Waals surface area contributed by atoms with E-state index in [2.05, 4.69) is 27.3 Å². The first-order chi connectivity index (χ1) is 12.6. The van der Waals surface area contributed by atoms with Gasteiger partial charge in [-0.25, -0.2) is 0 Å². The van der Waals surface area contributed by atoms with Crippen LogP contribution in [0.3, 0.4) is 0 Å². The van der Waals surface area contributed by atoms with Crippen molar-refractivity contribution in [3.8, 4) is 0 Å². The molecule has 2 aromatic carbocycles. The lowest BCUT2D eigenvalue weighted by Gasteiger charge is -2.19. The average Bonchev–Trinajstić information content (AvgIpc) is 2.68. The van der Waals surface area contributed by atoms with Crippen molar-refractivity contribution in [2.75, 3.05) is 11.9 Å². The van der Waals surface area contributed by atoms with Gasteiger partial charge in [-0.2, -0.15) is 0 Å². The number of benzene rings is 2. The number of aromatic nitrogens is 1. The van der Waals surface area contributed by atoms with Crippen molar-refractivity contribution in [1.29, 1.82) is 0 Å². The van der Waals surface area contributed by atoms with Crippen LogP contribution in [0.25, 0.3) is 0 Å². The van der Waals surface area contributed by atoms with Crippen LogP contribution >= 0.6 is 11.6 Å². The lowest BCUT2D eigenvalue weighted by Crippen LogP contribution is -2.24. The molecule has 0 spiro atoms. The molecule has 0 aliphatic carbocycles. The Morgan fingerprint density at radius 2 is 1.77 bits per heavy atom. The van der Waals surface area contributed by atoms with Gasteiger partial charge in [-0.15, -0.1) is 0 Å². The molecule has 4 nitrogen and oxygen atoms in total. The van der Waals surface area contributed by atoms with Crippen molar-refractivity contribution in [3.05, 3.63) is 94.8 Å². The second-order valence-electron chi connectivity index (χ2n) is 6.05. The molecule has 1 amide bonds. The minimum absolute atomic E-state index is 0.199. The van der Waals surface area contributed by atoms with Crippen LogP contribution in [-0.2, 0) is 13.1 Å². The van der Waals surface area contributed by atoms with Crippen LogP contribution in [0, 0.1) is 0 Å². The lowest BCUT2D eigenvalue weighted by molar-refractivity contribution is 0.0946. The summed E-state index contributed by atoms with van der Waals surface area (Å²) in [5, 5.41) is 3.56. The van der Waals surface area contributed by atoms with Gasteiger partial charge in [-0.3, -0.25) is 9.78 Å². The number of nitrogens with one attached hydrogen (secondary N) is 1. The van der Waals surface area contributed by atoms with E-state index in [1.807, 2.05) is 43.4 Å². The maximum absolute atomic E-state index is 12.4. The molecule has 5 heteroatoms. The summed E-state index contributed by atoms with van der Waals surface area (Å²) in [4.78, 5) is 18.7. The van der Waals surface area contributed by atoms with E-state index in [9.17, 15) is 4.79 Å². The molecule has 132 valence electrons. The largest absolute Gasteiger partial charge is 0.370 e. The van der Waals surface area contributed by atoms with E-state index >= 15 is 0 Å². The standard InChI is InChI=1S/C21H20ClN3O/c1-25(15-17-5-3-2-4-6-17)19-11-12-23-20(13-19)21(26)24-14-16-7-9-18(22)10-8-16/h2-13H,14-15H2,1H3,(H,24,26). The molecule has 0 unspecified atom stereocenters. The topological polar surface area (TPSA) is 45.2 Å². The summed E-state index contributed by atoms with van der Waals surface area (Å²) in [5.41, 5.74) is 3.54. The molecule has 0 aliphatic rings. The molecule has 1 N–H and O–H groups in total. The summed E-state index contributed by atoms with van der Waals surface area (Å²) in [5.74, 6) is -0.199. The number of pyridine rings is 1. The summed E-state index contributed by atoms with van der Waals surface area (Å²) in [6, 6.07) is 21.3. The zero-order chi connectivity index (χ0) is 18.4. The smallest absolute Gasteiger partial charge is 0.270 e. The Kier molecular flexibility index (Phi) is 5.87. The Labute approximate surface area is 158 Å². The summed E-state index contributed by atoms with van der Waals surface area (Å²) in [7, 11) is 2.00. The number of amides is 1. The summed E-state index contributed by atoms with van der Waals surface area (Å²) in [6.07, 6.45) is 1.66. The van der Waals surface area contributed by atoms with E-state index in [1.165, 1.54) is 5.56 Å². The molecular weight excluding hydrogens is 346 g/mol. The van der Waals surface area contributed by atoms with E-state index in [0.717, 1.165) is 17.8 Å². The van der Waals surface area contributed by atoms with Crippen LogP contribution in [0.4, 0.5) is 5.69 Å². The van der Waals surface area contributed by atoms with Crippen LogP contribution in [0.15, 0.2) is 72.9 Å². The molecule has 0 atom stereocenters. The average molecular weight is 366 g/mol. The molecule has 0 saturated carbocycles.